The summed E-state index contributed by atoms with van der Waals surface area (Å²) in [5.41, 5.74) is 3.72. The highest BCUT2D eigenvalue weighted by molar-refractivity contribution is 5.92. The number of carbonyl (C=O) groups is 1. The van der Waals surface area contributed by atoms with Gasteiger partial charge in [-0.15, -0.1) is 12.4 Å². The van der Waals surface area contributed by atoms with E-state index in [2.05, 4.69) is 5.32 Å². The Bertz CT molecular complexity index is 451. The number of amides is 1. The van der Waals surface area contributed by atoms with E-state index in [0.717, 1.165) is 6.07 Å². The number of carbonyl (C=O) groups excluding carboxylic acids is 1. The molecular weight excluding hydrogens is 288 g/mol. The van der Waals surface area contributed by atoms with Gasteiger partial charge in [-0.1, -0.05) is 6.92 Å². The van der Waals surface area contributed by atoms with Crippen molar-refractivity contribution in [1.82, 2.24) is 0 Å². The lowest BCUT2D eigenvalue weighted by Crippen LogP contribution is -2.26. The molecule has 0 aliphatic carbocycles. The van der Waals surface area contributed by atoms with Crippen LogP contribution in [0.2, 0.25) is 0 Å². The first-order valence-corrected chi connectivity index (χ1v) is 5.13. The van der Waals surface area contributed by atoms with Crippen molar-refractivity contribution in [2.75, 3.05) is 11.9 Å². The summed E-state index contributed by atoms with van der Waals surface area (Å²) in [5, 5.41) is 2.25. The molecule has 0 heterocycles. The van der Waals surface area contributed by atoms with E-state index in [1.807, 2.05) is 0 Å². The summed E-state index contributed by atoms with van der Waals surface area (Å²) >= 11 is 0. The molecule has 8 heteroatoms. The number of hydrogen-bond donors (Lipinski definition) is 2. The highest BCUT2D eigenvalue weighted by Gasteiger charge is 2.34. The predicted octanol–water partition coefficient (Wildman–Crippen LogP) is 2.80. The van der Waals surface area contributed by atoms with E-state index in [-0.39, 0.29) is 24.6 Å². The van der Waals surface area contributed by atoms with Gasteiger partial charge in [-0.2, -0.15) is 13.2 Å². The van der Waals surface area contributed by atoms with Crippen LogP contribution in [0, 0.1) is 11.7 Å². The van der Waals surface area contributed by atoms with E-state index in [0.29, 0.717) is 12.1 Å². The molecule has 0 aromatic heterocycles. The zero-order valence-electron chi connectivity index (χ0n) is 9.92. The summed E-state index contributed by atoms with van der Waals surface area (Å²) in [6.45, 7) is 1.60. The fourth-order valence-electron chi connectivity index (χ4n) is 1.19. The van der Waals surface area contributed by atoms with Gasteiger partial charge in [0.2, 0.25) is 5.91 Å². The van der Waals surface area contributed by atoms with Crippen LogP contribution in [-0.2, 0) is 11.0 Å². The van der Waals surface area contributed by atoms with Crippen LogP contribution in [0.5, 0.6) is 0 Å². The number of halogens is 5. The van der Waals surface area contributed by atoms with E-state index in [9.17, 15) is 22.4 Å². The first-order valence-electron chi connectivity index (χ1n) is 5.13. The van der Waals surface area contributed by atoms with Crippen LogP contribution in [-0.4, -0.2) is 12.5 Å². The molecular formula is C11H13ClF4N2O. The normalized spacial score (nSPS) is 12.5. The number of alkyl halides is 3. The van der Waals surface area contributed by atoms with E-state index in [4.69, 9.17) is 5.73 Å². The van der Waals surface area contributed by atoms with Crippen LogP contribution < -0.4 is 11.1 Å². The molecule has 0 fully saturated rings. The largest absolute Gasteiger partial charge is 0.419 e. The second kappa shape index (κ2) is 6.72. The third-order valence-corrected chi connectivity index (χ3v) is 2.34. The summed E-state index contributed by atoms with van der Waals surface area (Å²) in [6.07, 6.45) is -4.80. The topological polar surface area (TPSA) is 55.1 Å². The molecule has 0 bridgehead atoms. The first kappa shape index (κ1) is 17.7. The third kappa shape index (κ3) is 4.68. The van der Waals surface area contributed by atoms with Gasteiger partial charge in [-0.25, -0.2) is 4.39 Å². The molecule has 1 aromatic rings. The average molecular weight is 301 g/mol. The maximum absolute atomic E-state index is 13.0. The molecule has 3 N–H and O–H groups in total. The van der Waals surface area contributed by atoms with Crippen molar-refractivity contribution in [2.24, 2.45) is 11.7 Å². The standard InChI is InChI=1S/C11H12F4N2O.ClH/c1-6(5-16)10(18)17-7-2-3-9(12)8(4-7)11(13,14)15;/h2-4,6H,5,16H2,1H3,(H,17,18);1H. The van der Waals surface area contributed by atoms with Gasteiger partial charge in [0.1, 0.15) is 5.82 Å². The van der Waals surface area contributed by atoms with Crippen molar-refractivity contribution < 1.29 is 22.4 Å². The molecule has 0 saturated heterocycles. The maximum Gasteiger partial charge on any atom is 0.419 e. The molecule has 0 aliphatic heterocycles. The van der Waals surface area contributed by atoms with Crippen molar-refractivity contribution in [3.63, 3.8) is 0 Å². The quantitative estimate of drug-likeness (QED) is 0.843. The predicted molar refractivity (Wildman–Crippen MR) is 65.5 cm³/mol. The van der Waals surface area contributed by atoms with E-state index < -0.39 is 29.4 Å². The van der Waals surface area contributed by atoms with Crippen LogP contribution in [0.1, 0.15) is 12.5 Å². The number of nitrogens with two attached hydrogens (primary N) is 1. The Balaban J connectivity index is 0.00000324. The van der Waals surface area contributed by atoms with Gasteiger partial charge in [-0.05, 0) is 18.2 Å². The molecule has 1 rings (SSSR count). The Kier molecular flexibility index (Phi) is 6.24. The van der Waals surface area contributed by atoms with Gasteiger partial charge >= 0.3 is 6.18 Å². The third-order valence-electron chi connectivity index (χ3n) is 2.34. The Hall–Kier alpha value is -1.34. The molecule has 1 amide bonds. The number of nitrogens with one attached hydrogen (secondary N) is 1. The Morgan fingerprint density at radius 1 is 1.42 bits per heavy atom. The molecule has 3 nitrogen and oxygen atoms in total. The first-order chi connectivity index (χ1) is 8.25. The van der Waals surface area contributed by atoms with Gasteiger partial charge in [-0.3, -0.25) is 4.79 Å². The van der Waals surface area contributed by atoms with Crippen LogP contribution in [0.3, 0.4) is 0 Å². The van der Waals surface area contributed by atoms with E-state index >= 15 is 0 Å². The average Bonchev–Trinajstić information content (AvgIpc) is 2.29. The van der Waals surface area contributed by atoms with Crippen LogP contribution in [0.25, 0.3) is 0 Å². The fraction of sp³-hybridized carbons (Fsp3) is 0.364. The Morgan fingerprint density at radius 2 is 2.00 bits per heavy atom. The summed E-state index contributed by atoms with van der Waals surface area (Å²) in [6, 6.07) is 2.27. The van der Waals surface area contributed by atoms with Crippen molar-refractivity contribution in [3.8, 4) is 0 Å². The van der Waals surface area contributed by atoms with Gasteiger partial charge < -0.3 is 11.1 Å². The zero-order chi connectivity index (χ0) is 13.9. The second-order valence-electron chi connectivity index (χ2n) is 3.82. The summed E-state index contributed by atoms with van der Waals surface area (Å²) < 4.78 is 50.2. The van der Waals surface area contributed by atoms with Gasteiger partial charge in [0, 0.05) is 18.2 Å². The zero-order valence-corrected chi connectivity index (χ0v) is 10.7. The highest BCUT2D eigenvalue weighted by atomic mass is 35.5. The number of anilines is 1. The van der Waals surface area contributed by atoms with Crippen molar-refractivity contribution in [1.29, 1.82) is 0 Å². The Labute approximate surface area is 113 Å². The molecule has 19 heavy (non-hydrogen) atoms. The molecule has 1 atom stereocenters. The highest BCUT2D eigenvalue weighted by Crippen LogP contribution is 2.33. The number of hydrogen-bond acceptors (Lipinski definition) is 2. The van der Waals surface area contributed by atoms with E-state index in [1.54, 1.807) is 0 Å². The molecule has 0 spiro atoms. The minimum atomic E-state index is -4.80. The van der Waals surface area contributed by atoms with Crippen LogP contribution >= 0.6 is 12.4 Å². The summed E-state index contributed by atoms with van der Waals surface area (Å²) in [4.78, 5) is 11.4. The van der Waals surface area contributed by atoms with Crippen molar-refractivity contribution in [2.45, 2.75) is 13.1 Å². The monoisotopic (exact) mass is 300 g/mol. The molecule has 0 aliphatic rings. The Morgan fingerprint density at radius 3 is 2.47 bits per heavy atom. The minimum Gasteiger partial charge on any atom is -0.330 e. The van der Waals surface area contributed by atoms with Gasteiger partial charge in [0.15, 0.2) is 0 Å². The summed E-state index contributed by atoms with van der Waals surface area (Å²) in [7, 11) is 0. The molecule has 0 radical (unpaired) electrons. The van der Waals surface area contributed by atoms with Crippen molar-refractivity contribution in [3.05, 3.63) is 29.6 Å². The number of rotatable bonds is 3. The lowest BCUT2D eigenvalue weighted by Gasteiger charge is -2.13. The van der Waals surface area contributed by atoms with Gasteiger partial charge in [0.05, 0.1) is 5.56 Å². The molecule has 108 valence electrons. The maximum atomic E-state index is 13.0. The molecule has 0 saturated carbocycles. The lowest BCUT2D eigenvalue weighted by molar-refractivity contribution is -0.140. The summed E-state index contributed by atoms with van der Waals surface area (Å²) in [5.74, 6) is -2.44. The van der Waals surface area contributed by atoms with Crippen molar-refractivity contribution >= 4 is 24.0 Å². The van der Waals surface area contributed by atoms with Crippen LogP contribution in [0.4, 0.5) is 23.2 Å². The minimum absolute atomic E-state index is 0. The smallest absolute Gasteiger partial charge is 0.330 e. The number of benzene rings is 1. The fourth-order valence-corrected chi connectivity index (χ4v) is 1.19. The van der Waals surface area contributed by atoms with Crippen LogP contribution in [0.15, 0.2) is 18.2 Å². The SMILES string of the molecule is CC(CN)C(=O)Nc1ccc(F)c(C(F)(F)F)c1.Cl. The molecule has 1 aromatic carbocycles. The lowest BCUT2D eigenvalue weighted by atomic mass is 10.1. The van der Waals surface area contributed by atoms with Gasteiger partial charge in [0.25, 0.3) is 0 Å². The molecule has 1 unspecified atom stereocenters. The van der Waals surface area contributed by atoms with E-state index in [1.165, 1.54) is 6.92 Å². The second-order valence-corrected chi connectivity index (χ2v) is 3.82.